The molecule has 3 aromatic carbocycles. The summed E-state index contributed by atoms with van der Waals surface area (Å²) >= 11 is 1.23. The van der Waals surface area contributed by atoms with Gasteiger partial charge in [-0.1, -0.05) is 47.7 Å². The fourth-order valence-electron chi connectivity index (χ4n) is 4.92. The molecule has 0 fully saturated rings. The fourth-order valence-corrected chi connectivity index (χ4v) is 5.97. The zero-order valence-corrected chi connectivity index (χ0v) is 25.9. The minimum absolute atomic E-state index is 0.00173. The van der Waals surface area contributed by atoms with Crippen molar-refractivity contribution in [2.75, 3.05) is 13.7 Å². The van der Waals surface area contributed by atoms with Crippen molar-refractivity contribution in [3.05, 3.63) is 120 Å². The molecule has 44 heavy (non-hydrogen) atoms. The van der Waals surface area contributed by atoms with Crippen molar-refractivity contribution in [1.29, 1.82) is 0 Å². The number of aromatic nitrogens is 1. The van der Waals surface area contributed by atoms with Crippen molar-refractivity contribution in [3.63, 3.8) is 0 Å². The van der Waals surface area contributed by atoms with Gasteiger partial charge in [-0.25, -0.2) is 14.2 Å². The number of benzene rings is 3. The Balaban J connectivity index is 1.54. The number of thiazole rings is 1. The van der Waals surface area contributed by atoms with Gasteiger partial charge in [-0.15, -0.1) is 0 Å². The van der Waals surface area contributed by atoms with E-state index in [9.17, 15) is 14.0 Å². The minimum Gasteiger partial charge on any atom is -0.493 e. The van der Waals surface area contributed by atoms with Crippen LogP contribution in [0.25, 0.3) is 6.08 Å². The van der Waals surface area contributed by atoms with Crippen LogP contribution in [0.15, 0.2) is 87.8 Å². The molecule has 8 nitrogen and oxygen atoms in total. The largest absolute Gasteiger partial charge is 0.493 e. The number of allylic oxidation sites excluding steroid dienone is 1. The quantitative estimate of drug-likeness (QED) is 0.225. The van der Waals surface area contributed by atoms with Crippen molar-refractivity contribution >= 4 is 23.4 Å². The van der Waals surface area contributed by atoms with Crippen LogP contribution in [0, 0.1) is 5.82 Å². The summed E-state index contributed by atoms with van der Waals surface area (Å²) in [5.41, 5.74) is 2.34. The Kier molecular flexibility index (Phi) is 9.29. The molecule has 4 aromatic rings. The summed E-state index contributed by atoms with van der Waals surface area (Å²) in [6.07, 6.45) is 1.74. The van der Waals surface area contributed by atoms with Gasteiger partial charge >= 0.3 is 5.97 Å². The molecule has 5 rings (SSSR count). The molecular formula is C34H33FN2O6S. The number of carbonyl (C=O) groups excluding carboxylic acids is 1. The molecule has 0 N–H and O–H groups in total. The number of hydrogen-bond donors (Lipinski definition) is 0. The van der Waals surface area contributed by atoms with E-state index < -0.39 is 12.0 Å². The van der Waals surface area contributed by atoms with Crippen LogP contribution in [0.1, 0.15) is 50.4 Å². The lowest BCUT2D eigenvalue weighted by molar-refractivity contribution is -0.139. The number of rotatable bonds is 10. The van der Waals surface area contributed by atoms with E-state index in [1.807, 2.05) is 38.1 Å². The number of esters is 1. The summed E-state index contributed by atoms with van der Waals surface area (Å²) in [5.74, 6) is 0.688. The zero-order valence-electron chi connectivity index (χ0n) is 25.1. The monoisotopic (exact) mass is 616 g/mol. The topological polar surface area (TPSA) is 88.4 Å². The highest BCUT2D eigenvalue weighted by Gasteiger charge is 2.33. The van der Waals surface area contributed by atoms with Crippen molar-refractivity contribution < 1.29 is 28.1 Å². The van der Waals surface area contributed by atoms with Gasteiger partial charge in [0.25, 0.3) is 5.56 Å². The second-order valence-electron chi connectivity index (χ2n) is 10.3. The van der Waals surface area contributed by atoms with Crippen molar-refractivity contribution in [2.24, 2.45) is 4.99 Å². The summed E-state index contributed by atoms with van der Waals surface area (Å²) in [5, 5.41) is 0. The number of ether oxygens (including phenoxy) is 4. The first-order chi connectivity index (χ1) is 21.2. The molecular weight excluding hydrogens is 583 g/mol. The molecule has 0 aliphatic carbocycles. The van der Waals surface area contributed by atoms with Gasteiger partial charge in [-0.3, -0.25) is 9.36 Å². The number of hydrogen-bond acceptors (Lipinski definition) is 8. The van der Waals surface area contributed by atoms with Gasteiger partial charge in [0, 0.05) is 5.56 Å². The van der Waals surface area contributed by atoms with Crippen LogP contribution in [0.2, 0.25) is 0 Å². The molecule has 0 amide bonds. The Bertz CT molecular complexity index is 1890. The molecule has 1 aliphatic rings. The highest BCUT2D eigenvalue weighted by molar-refractivity contribution is 7.07. The van der Waals surface area contributed by atoms with E-state index in [2.05, 4.69) is 4.99 Å². The molecule has 0 unspecified atom stereocenters. The molecule has 1 aliphatic heterocycles. The molecule has 0 spiro atoms. The zero-order chi connectivity index (χ0) is 31.4. The Morgan fingerprint density at radius 3 is 2.52 bits per heavy atom. The Hall–Kier alpha value is -4.70. The number of nitrogens with zero attached hydrogens (tertiary/aromatic N) is 2. The maximum atomic E-state index is 14.1. The number of carbonyl (C=O) groups is 1. The van der Waals surface area contributed by atoms with E-state index in [0.717, 1.165) is 5.56 Å². The van der Waals surface area contributed by atoms with Gasteiger partial charge in [-0.05, 0) is 75.2 Å². The third-order valence-electron chi connectivity index (χ3n) is 6.91. The summed E-state index contributed by atoms with van der Waals surface area (Å²) < 4.78 is 38.6. The fraction of sp³-hybridized carbons (Fsp3) is 0.265. The first-order valence-corrected chi connectivity index (χ1v) is 15.0. The van der Waals surface area contributed by atoms with E-state index in [1.54, 1.807) is 56.3 Å². The SMILES string of the molecule is CCOC(=O)C1=C(C)N=c2s/c(=C\c3ccc(OCc4ccccc4F)c(OC)c3)c(=O)n2[C@H]1c1ccc(OC(C)C)cc1. The van der Waals surface area contributed by atoms with E-state index in [1.165, 1.54) is 29.1 Å². The highest BCUT2D eigenvalue weighted by atomic mass is 32.1. The second-order valence-corrected chi connectivity index (χ2v) is 11.3. The second kappa shape index (κ2) is 13.3. The van der Waals surface area contributed by atoms with Gasteiger partial charge in [0.1, 0.15) is 18.2 Å². The van der Waals surface area contributed by atoms with Crippen LogP contribution in [-0.2, 0) is 16.1 Å². The number of methoxy groups -OCH3 is 1. The van der Waals surface area contributed by atoms with Crippen molar-refractivity contribution in [2.45, 2.75) is 46.4 Å². The van der Waals surface area contributed by atoms with Gasteiger partial charge in [-0.2, -0.15) is 0 Å². The Morgan fingerprint density at radius 2 is 1.84 bits per heavy atom. The molecule has 1 atom stereocenters. The number of halogens is 1. The smallest absolute Gasteiger partial charge is 0.338 e. The summed E-state index contributed by atoms with van der Waals surface area (Å²) in [6, 6.07) is 18.3. The normalized spacial score (nSPS) is 14.7. The molecule has 0 saturated heterocycles. The maximum Gasteiger partial charge on any atom is 0.338 e. The maximum absolute atomic E-state index is 14.1. The van der Waals surface area contributed by atoms with E-state index in [0.29, 0.717) is 49.0 Å². The third kappa shape index (κ3) is 6.45. The van der Waals surface area contributed by atoms with E-state index >= 15 is 0 Å². The highest BCUT2D eigenvalue weighted by Crippen LogP contribution is 2.32. The van der Waals surface area contributed by atoms with Crippen LogP contribution < -0.4 is 29.1 Å². The number of fused-ring (bicyclic) bond motifs is 1. The molecule has 0 radical (unpaired) electrons. The van der Waals surface area contributed by atoms with Crippen LogP contribution >= 0.6 is 11.3 Å². The molecule has 0 bridgehead atoms. The van der Waals surface area contributed by atoms with Crippen molar-refractivity contribution in [1.82, 2.24) is 4.57 Å². The first kappa shape index (κ1) is 30.7. The lowest BCUT2D eigenvalue weighted by atomic mass is 9.96. The summed E-state index contributed by atoms with van der Waals surface area (Å²) in [6.45, 7) is 7.60. The van der Waals surface area contributed by atoms with E-state index in [-0.39, 0.29) is 30.7 Å². The third-order valence-corrected chi connectivity index (χ3v) is 7.89. The lowest BCUT2D eigenvalue weighted by Gasteiger charge is -2.25. The Labute approximate surface area is 258 Å². The van der Waals surface area contributed by atoms with Crippen molar-refractivity contribution in [3.8, 4) is 17.2 Å². The molecule has 10 heteroatoms. The first-order valence-electron chi connectivity index (χ1n) is 14.2. The average Bonchev–Trinajstić information content (AvgIpc) is 3.30. The predicted molar refractivity (Wildman–Crippen MR) is 166 cm³/mol. The van der Waals surface area contributed by atoms with Crippen LogP contribution in [0.4, 0.5) is 4.39 Å². The van der Waals surface area contributed by atoms with Gasteiger partial charge < -0.3 is 18.9 Å². The average molecular weight is 617 g/mol. The standard InChI is InChI=1S/C34H33FN2O6S/c1-6-41-33(39)30-21(4)36-34-37(31(30)23-12-14-25(15-13-23)43-20(2)3)32(38)29(44-34)18-22-11-16-27(28(17-22)40-5)42-19-24-9-7-8-10-26(24)35/h7-18,20,31H,6,19H2,1-5H3/b29-18-/t31-/m0/s1. The van der Waals surface area contributed by atoms with Crippen LogP contribution in [-0.4, -0.2) is 30.4 Å². The van der Waals surface area contributed by atoms with Crippen LogP contribution in [0.5, 0.6) is 17.2 Å². The minimum atomic E-state index is -0.732. The van der Waals surface area contributed by atoms with Crippen LogP contribution in [0.3, 0.4) is 0 Å². The molecule has 2 heterocycles. The molecule has 0 saturated carbocycles. The molecule has 1 aromatic heterocycles. The van der Waals surface area contributed by atoms with Gasteiger partial charge in [0.05, 0.1) is 41.7 Å². The summed E-state index contributed by atoms with van der Waals surface area (Å²) in [7, 11) is 1.51. The predicted octanol–water partition coefficient (Wildman–Crippen LogP) is 5.31. The van der Waals surface area contributed by atoms with Gasteiger partial charge in [0.2, 0.25) is 0 Å². The Morgan fingerprint density at radius 1 is 1.09 bits per heavy atom. The lowest BCUT2D eigenvalue weighted by Crippen LogP contribution is -2.39. The van der Waals surface area contributed by atoms with E-state index in [4.69, 9.17) is 18.9 Å². The summed E-state index contributed by atoms with van der Waals surface area (Å²) in [4.78, 5) is 32.2. The molecule has 228 valence electrons. The van der Waals surface area contributed by atoms with Gasteiger partial charge in [0.15, 0.2) is 16.3 Å².